The van der Waals surface area contributed by atoms with Gasteiger partial charge in [-0.15, -0.1) is 11.8 Å². The molecule has 0 saturated carbocycles. The topological polar surface area (TPSA) is 93.3 Å². The van der Waals surface area contributed by atoms with Crippen molar-refractivity contribution in [2.24, 2.45) is 5.73 Å². The maximum Gasteiger partial charge on any atom is 0.316 e. The van der Waals surface area contributed by atoms with Gasteiger partial charge in [0.15, 0.2) is 0 Å². The van der Waals surface area contributed by atoms with Gasteiger partial charge in [0.05, 0.1) is 0 Å². The molecule has 0 saturated heterocycles. The summed E-state index contributed by atoms with van der Waals surface area (Å²) in [7, 11) is 0. The summed E-state index contributed by atoms with van der Waals surface area (Å²) in [6.45, 7) is 1.57. The van der Waals surface area contributed by atoms with E-state index in [1.165, 1.54) is 12.3 Å². The lowest BCUT2D eigenvalue weighted by atomic mass is 10.3. The number of amides is 1. The van der Waals surface area contributed by atoms with Gasteiger partial charge in [-0.25, -0.2) is 0 Å². The Morgan fingerprint density at radius 2 is 2.27 bits per heavy atom. The average molecular weight is 226 g/mol. The highest BCUT2D eigenvalue weighted by atomic mass is 32.2. The van der Waals surface area contributed by atoms with Crippen molar-refractivity contribution in [2.45, 2.75) is 17.1 Å². The molecule has 1 heterocycles. The molecule has 1 aromatic heterocycles. The van der Waals surface area contributed by atoms with Gasteiger partial charge in [0.2, 0.25) is 0 Å². The minimum Gasteiger partial charge on any atom is -0.480 e. The lowest BCUT2D eigenvalue weighted by molar-refractivity contribution is -0.136. The van der Waals surface area contributed by atoms with Gasteiger partial charge in [-0.3, -0.25) is 14.6 Å². The van der Waals surface area contributed by atoms with Crippen molar-refractivity contribution in [3.05, 3.63) is 24.0 Å². The molecule has 0 spiro atoms. The molecule has 0 bridgehead atoms. The SMILES string of the molecule is CC(Sc1ccnc(C(N)=O)c1)C(=O)O. The van der Waals surface area contributed by atoms with Crippen LogP contribution in [0.1, 0.15) is 17.4 Å². The molecule has 0 aliphatic rings. The second kappa shape index (κ2) is 4.79. The fraction of sp³-hybridized carbons (Fsp3) is 0.222. The fourth-order valence-corrected chi connectivity index (χ4v) is 1.70. The number of hydrogen-bond donors (Lipinski definition) is 2. The first-order chi connectivity index (χ1) is 7.00. The predicted molar refractivity (Wildman–Crippen MR) is 55.7 cm³/mol. The average Bonchev–Trinajstić information content (AvgIpc) is 2.18. The number of carboxylic acid groups (broad SMARTS) is 1. The standard InChI is InChI=1S/C9H10N2O3S/c1-5(9(13)14)15-6-2-3-11-7(4-6)8(10)12/h2-5H,1H3,(H2,10,12)(H,13,14). The second-order valence-electron chi connectivity index (χ2n) is 2.84. The van der Waals surface area contributed by atoms with E-state index in [9.17, 15) is 9.59 Å². The summed E-state index contributed by atoms with van der Waals surface area (Å²) in [4.78, 5) is 25.8. The molecular weight excluding hydrogens is 216 g/mol. The lowest BCUT2D eigenvalue weighted by Crippen LogP contribution is -2.14. The maximum absolute atomic E-state index is 10.8. The van der Waals surface area contributed by atoms with Gasteiger partial charge in [0.1, 0.15) is 10.9 Å². The number of carboxylic acids is 1. The van der Waals surface area contributed by atoms with Gasteiger partial charge in [-0.1, -0.05) is 0 Å². The molecule has 0 radical (unpaired) electrons. The van der Waals surface area contributed by atoms with E-state index < -0.39 is 17.1 Å². The summed E-state index contributed by atoms with van der Waals surface area (Å²) in [5, 5.41) is 8.12. The van der Waals surface area contributed by atoms with Crippen molar-refractivity contribution in [3.63, 3.8) is 0 Å². The summed E-state index contributed by atoms with van der Waals surface area (Å²) in [6.07, 6.45) is 1.43. The highest BCUT2D eigenvalue weighted by molar-refractivity contribution is 8.00. The Morgan fingerprint density at radius 3 is 2.80 bits per heavy atom. The highest BCUT2D eigenvalue weighted by Gasteiger charge is 2.13. The molecule has 0 aliphatic heterocycles. The Morgan fingerprint density at radius 1 is 1.60 bits per heavy atom. The van der Waals surface area contributed by atoms with Crippen molar-refractivity contribution < 1.29 is 14.7 Å². The van der Waals surface area contributed by atoms with E-state index in [0.717, 1.165) is 11.8 Å². The summed E-state index contributed by atoms with van der Waals surface area (Å²) < 4.78 is 0. The van der Waals surface area contributed by atoms with E-state index in [2.05, 4.69) is 4.98 Å². The van der Waals surface area contributed by atoms with Gasteiger partial charge in [0.25, 0.3) is 5.91 Å². The number of carbonyl (C=O) groups is 2. The van der Waals surface area contributed by atoms with E-state index in [1.807, 2.05) is 0 Å². The summed E-state index contributed by atoms with van der Waals surface area (Å²) in [6, 6.07) is 3.11. The van der Waals surface area contributed by atoms with E-state index in [-0.39, 0.29) is 5.69 Å². The van der Waals surface area contributed by atoms with Crippen LogP contribution in [0.2, 0.25) is 0 Å². The molecule has 5 nitrogen and oxygen atoms in total. The second-order valence-corrected chi connectivity index (χ2v) is 4.25. The number of aliphatic carboxylic acids is 1. The van der Waals surface area contributed by atoms with Crippen LogP contribution in [0.5, 0.6) is 0 Å². The number of primary amides is 1. The van der Waals surface area contributed by atoms with Crippen molar-refractivity contribution >= 4 is 23.6 Å². The van der Waals surface area contributed by atoms with E-state index >= 15 is 0 Å². The molecule has 0 aromatic carbocycles. The molecule has 1 unspecified atom stereocenters. The van der Waals surface area contributed by atoms with Crippen LogP contribution in [0.4, 0.5) is 0 Å². The third kappa shape index (κ3) is 3.25. The fourth-order valence-electron chi connectivity index (χ4n) is 0.874. The zero-order valence-corrected chi connectivity index (χ0v) is 8.82. The Bertz CT molecular complexity index is 395. The van der Waals surface area contributed by atoms with Gasteiger partial charge >= 0.3 is 5.97 Å². The molecule has 0 fully saturated rings. The first kappa shape index (κ1) is 11.5. The quantitative estimate of drug-likeness (QED) is 0.739. The van der Waals surface area contributed by atoms with Crippen molar-refractivity contribution in [2.75, 3.05) is 0 Å². The molecule has 1 aromatic rings. The number of rotatable bonds is 4. The van der Waals surface area contributed by atoms with Crippen LogP contribution in [0, 0.1) is 0 Å². The van der Waals surface area contributed by atoms with Gasteiger partial charge < -0.3 is 10.8 Å². The van der Waals surface area contributed by atoms with Crippen molar-refractivity contribution in [1.29, 1.82) is 0 Å². The molecule has 1 rings (SSSR count). The number of carbonyl (C=O) groups excluding carboxylic acids is 1. The van der Waals surface area contributed by atoms with E-state index in [1.54, 1.807) is 13.0 Å². The first-order valence-corrected chi connectivity index (χ1v) is 5.04. The summed E-state index contributed by atoms with van der Waals surface area (Å²) in [5.74, 6) is -1.53. The summed E-state index contributed by atoms with van der Waals surface area (Å²) >= 11 is 1.14. The van der Waals surface area contributed by atoms with Crippen LogP contribution in [0.3, 0.4) is 0 Å². The van der Waals surface area contributed by atoms with Crippen LogP contribution >= 0.6 is 11.8 Å². The van der Waals surface area contributed by atoms with Crippen LogP contribution in [-0.2, 0) is 4.79 Å². The van der Waals surface area contributed by atoms with Crippen LogP contribution < -0.4 is 5.73 Å². The molecule has 80 valence electrons. The molecule has 1 atom stereocenters. The highest BCUT2D eigenvalue weighted by Crippen LogP contribution is 2.23. The molecule has 15 heavy (non-hydrogen) atoms. The van der Waals surface area contributed by atoms with Crippen molar-refractivity contribution in [1.82, 2.24) is 4.98 Å². The van der Waals surface area contributed by atoms with Crippen LogP contribution in [0.25, 0.3) is 0 Å². The maximum atomic E-state index is 10.8. The Balaban J connectivity index is 2.82. The number of hydrogen-bond acceptors (Lipinski definition) is 4. The van der Waals surface area contributed by atoms with Gasteiger partial charge in [-0.2, -0.15) is 0 Å². The number of aromatic nitrogens is 1. The van der Waals surface area contributed by atoms with E-state index in [0.29, 0.717) is 4.90 Å². The molecular formula is C9H10N2O3S. The lowest BCUT2D eigenvalue weighted by Gasteiger charge is -2.05. The van der Waals surface area contributed by atoms with Crippen LogP contribution in [-0.4, -0.2) is 27.2 Å². The first-order valence-electron chi connectivity index (χ1n) is 4.16. The Kier molecular flexibility index (Phi) is 3.68. The van der Waals surface area contributed by atoms with Gasteiger partial charge in [0, 0.05) is 11.1 Å². The third-order valence-corrected chi connectivity index (χ3v) is 2.73. The van der Waals surface area contributed by atoms with Crippen molar-refractivity contribution in [3.8, 4) is 0 Å². The molecule has 0 aliphatic carbocycles. The van der Waals surface area contributed by atoms with Crippen LogP contribution in [0.15, 0.2) is 23.2 Å². The number of nitrogens with zero attached hydrogens (tertiary/aromatic N) is 1. The zero-order valence-electron chi connectivity index (χ0n) is 8.01. The molecule has 6 heteroatoms. The van der Waals surface area contributed by atoms with Gasteiger partial charge in [-0.05, 0) is 19.1 Å². The Hall–Kier alpha value is -1.56. The molecule has 1 amide bonds. The minimum absolute atomic E-state index is 0.137. The minimum atomic E-state index is -0.905. The number of thioether (sulfide) groups is 1. The molecule has 3 N–H and O–H groups in total. The predicted octanol–water partition coefficient (Wildman–Crippen LogP) is 0.746. The Labute approximate surface area is 90.7 Å². The number of pyridine rings is 1. The zero-order chi connectivity index (χ0) is 11.4. The number of nitrogens with two attached hydrogens (primary N) is 1. The summed E-state index contributed by atoms with van der Waals surface area (Å²) in [5.41, 5.74) is 5.18. The largest absolute Gasteiger partial charge is 0.480 e. The smallest absolute Gasteiger partial charge is 0.316 e. The van der Waals surface area contributed by atoms with E-state index in [4.69, 9.17) is 10.8 Å². The normalized spacial score (nSPS) is 12.1. The third-order valence-electron chi connectivity index (χ3n) is 1.64. The monoisotopic (exact) mass is 226 g/mol.